The monoisotopic (exact) mass is 271 g/mol. The minimum Gasteiger partial charge on any atom is -0.502 e. The van der Waals surface area contributed by atoms with Crippen LogP contribution in [-0.2, 0) is 17.9 Å². The number of carbonyl (C=O) groups is 1. The van der Waals surface area contributed by atoms with E-state index in [1.165, 1.54) is 0 Å². The van der Waals surface area contributed by atoms with Gasteiger partial charge in [0.05, 0.1) is 6.54 Å². The van der Waals surface area contributed by atoms with Crippen molar-refractivity contribution in [2.45, 2.75) is 33.0 Å². The molecule has 0 saturated heterocycles. The second-order valence-electron chi connectivity index (χ2n) is 4.45. The molecule has 1 heterocycles. The summed E-state index contributed by atoms with van der Waals surface area (Å²) in [5.74, 6) is -1.88. The van der Waals surface area contributed by atoms with Gasteiger partial charge >= 0.3 is 5.97 Å². The molecule has 7 nitrogen and oxygen atoms in total. The topological polar surface area (TPSA) is 120 Å². The van der Waals surface area contributed by atoms with Crippen LogP contribution in [0.25, 0.3) is 0 Å². The minimum absolute atomic E-state index is 0.0102. The molecule has 106 valence electrons. The van der Waals surface area contributed by atoms with Gasteiger partial charge in [-0.2, -0.15) is 0 Å². The van der Waals surface area contributed by atoms with E-state index in [0.717, 1.165) is 6.07 Å². The van der Waals surface area contributed by atoms with Gasteiger partial charge in [-0.1, -0.05) is 13.8 Å². The summed E-state index contributed by atoms with van der Waals surface area (Å²) in [6, 6.07) is 0.151. The minimum atomic E-state index is -1.03. The Morgan fingerprint density at radius 1 is 1.47 bits per heavy atom. The fourth-order valence-electron chi connectivity index (χ4n) is 1.60. The van der Waals surface area contributed by atoms with Gasteiger partial charge < -0.3 is 19.7 Å². The van der Waals surface area contributed by atoms with Crippen LogP contribution >= 0.6 is 0 Å². The average Bonchev–Trinajstić information content (AvgIpc) is 2.33. The van der Waals surface area contributed by atoms with Crippen LogP contribution in [0, 0.1) is 5.92 Å². The van der Waals surface area contributed by atoms with Crippen LogP contribution in [0.4, 0.5) is 0 Å². The fraction of sp³-hybridized carbons (Fsp3) is 0.500. The first kappa shape index (κ1) is 15.2. The molecular weight excluding hydrogens is 254 g/mol. The molecule has 1 aromatic rings. The molecule has 0 aliphatic rings. The van der Waals surface area contributed by atoms with Crippen molar-refractivity contribution >= 4 is 5.97 Å². The molecule has 1 rings (SSSR count). The van der Waals surface area contributed by atoms with Crippen LogP contribution in [0.15, 0.2) is 15.3 Å². The fourth-order valence-corrected chi connectivity index (χ4v) is 1.60. The third-order valence-corrected chi connectivity index (χ3v) is 2.61. The molecule has 7 heteroatoms. The van der Waals surface area contributed by atoms with Gasteiger partial charge in [0.15, 0.2) is 5.76 Å². The molecule has 0 saturated carbocycles. The molecule has 0 aromatic carbocycles. The van der Waals surface area contributed by atoms with Crippen molar-refractivity contribution in [3.63, 3.8) is 0 Å². The zero-order valence-electron chi connectivity index (χ0n) is 10.7. The second-order valence-corrected chi connectivity index (χ2v) is 4.45. The van der Waals surface area contributed by atoms with E-state index in [1.807, 2.05) is 0 Å². The first-order valence-corrected chi connectivity index (χ1v) is 5.78. The summed E-state index contributed by atoms with van der Waals surface area (Å²) in [5.41, 5.74) is -0.677. The van der Waals surface area contributed by atoms with Crippen molar-refractivity contribution in [1.29, 1.82) is 0 Å². The van der Waals surface area contributed by atoms with E-state index in [4.69, 9.17) is 14.6 Å². The van der Waals surface area contributed by atoms with Crippen LogP contribution in [0.5, 0.6) is 5.75 Å². The Bertz CT molecular complexity index is 507. The van der Waals surface area contributed by atoms with Crippen molar-refractivity contribution < 1.29 is 24.5 Å². The normalized spacial score (nSPS) is 12.6. The number of aliphatic hydroxyl groups is 1. The third-order valence-electron chi connectivity index (χ3n) is 2.61. The maximum atomic E-state index is 11.4. The maximum Gasteiger partial charge on any atom is 0.320 e. The summed E-state index contributed by atoms with van der Waals surface area (Å²) in [7, 11) is 0. The number of nitrogens with one attached hydrogen (secondary N) is 1. The van der Waals surface area contributed by atoms with Gasteiger partial charge in [-0.05, 0) is 5.92 Å². The van der Waals surface area contributed by atoms with Crippen LogP contribution in [-0.4, -0.2) is 27.3 Å². The highest BCUT2D eigenvalue weighted by molar-refractivity contribution is 5.73. The van der Waals surface area contributed by atoms with Gasteiger partial charge in [0.2, 0.25) is 11.2 Å². The number of rotatable bonds is 6. The van der Waals surface area contributed by atoms with E-state index in [-0.39, 0.29) is 24.0 Å². The molecule has 0 amide bonds. The quantitative estimate of drug-likeness (QED) is 0.576. The van der Waals surface area contributed by atoms with Gasteiger partial charge in [-0.15, -0.1) is 0 Å². The van der Waals surface area contributed by atoms with E-state index in [1.54, 1.807) is 13.8 Å². The molecule has 0 bridgehead atoms. The van der Waals surface area contributed by atoms with Gasteiger partial charge in [0, 0.05) is 6.07 Å². The summed E-state index contributed by atoms with van der Waals surface area (Å²) in [6.07, 6.45) is 0. The SMILES string of the molecule is CC(C)C(NCc1oc(CO)cc(=O)c1O)C(=O)O. The highest BCUT2D eigenvalue weighted by Crippen LogP contribution is 2.14. The molecule has 0 aliphatic heterocycles. The summed E-state index contributed by atoms with van der Waals surface area (Å²) in [6.45, 7) is 2.86. The first-order chi connectivity index (χ1) is 8.86. The summed E-state index contributed by atoms with van der Waals surface area (Å²) in [5, 5.41) is 30.1. The maximum absolute atomic E-state index is 11.4. The molecular formula is C12H17NO6. The average molecular weight is 271 g/mol. The van der Waals surface area contributed by atoms with Crippen molar-refractivity contribution in [2.24, 2.45) is 5.92 Å². The number of carboxylic acids is 1. The molecule has 1 aromatic heterocycles. The number of hydrogen-bond acceptors (Lipinski definition) is 6. The summed E-state index contributed by atoms with van der Waals surface area (Å²) >= 11 is 0. The number of carboxylic acid groups (broad SMARTS) is 1. The van der Waals surface area contributed by atoms with Gasteiger partial charge in [0.25, 0.3) is 0 Å². The van der Waals surface area contributed by atoms with Gasteiger partial charge in [-0.25, -0.2) is 0 Å². The lowest BCUT2D eigenvalue weighted by atomic mass is 10.0. The zero-order valence-corrected chi connectivity index (χ0v) is 10.7. The largest absolute Gasteiger partial charge is 0.502 e. The van der Waals surface area contributed by atoms with Crippen molar-refractivity contribution in [1.82, 2.24) is 5.32 Å². The van der Waals surface area contributed by atoms with E-state index < -0.39 is 29.8 Å². The molecule has 4 N–H and O–H groups in total. The van der Waals surface area contributed by atoms with Crippen LogP contribution < -0.4 is 10.7 Å². The highest BCUT2D eigenvalue weighted by Gasteiger charge is 2.22. The van der Waals surface area contributed by atoms with Gasteiger partial charge in [-0.3, -0.25) is 14.9 Å². The van der Waals surface area contributed by atoms with E-state index in [2.05, 4.69) is 5.32 Å². The third kappa shape index (κ3) is 3.80. The van der Waals surface area contributed by atoms with Crippen molar-refractivity contribution in [3.8, 4) is 5.75 Å². The lowest BCUT2D eigenvalue weighted by Crippen LogP contribution is -2.40. The number of aliphatic hydroxyl groups excluding tert-OH is 1. The Hall–Kier alpha value is -1.86. The lowest BCUT2D eigenvalue weighted by molar-refractivity contribution is -0.140. The first-order valence-electron chi connectivity index (χ1n) is 5.78. The van der Waals surface area contributed by atoms with Gasteiger partial charge in [0.1, 0.15) is 18.4 Å². The molecule has 0 aliphatic carbocycles. The molecule has 19 heavy (non-hydrogen) atoms. The Morgan fingerprint density at radius 3 is 2.58 bits per heavy atom. The standard InChI is InChI=1S/C12H17NO6/c1-6(2)10(12(17)18)13-4-9-11(16)8(15)3-7(5-14)19-9/h3,6,10,13-14,16H,4-5H2,1-2H3,(H,17,18). The predicted octanol–water partition coefficient (Wildman–Crippen LogP) is 0.0365. The van der Waals surface area contributed by atoms with E-state index in [9.17, 15) is 14.7 Å². The zero-order chi connectivity index (χ0) is 14.6. The lowest BCUT2D eigenvalue weighted by Gasteiger charge is -2.17. The molecule has 1 atom stereocenters. The Morgan fingerprint density at radius 2 is 2.11 bits per heavy atom. The van der Waals surface area contributed by atoms with Crippen LogP contribution in [0.3, 0.4) is 0 Å². The summed E-state index contributed by atoms with van der Waals surface area (Å²) < 4.78 is 5.09. The highest BCUT2D eigenvalue weighted by atomic mass is 16.4. The van der Waals surface area contributed by atoms with Crippen LogP contribution in [0.2, 0.25) is 0 Å². The Balaban J connectivity index is 2.91. The molecule has 0 radical (unpaired) electrons. The van der Waals surface area contributed by atoms with Crippen molar-refractivity contribution in [2.75, 3.05) is 0 Å². The number of aromatic hydroxyl groups is 1. The number of hydrogen-bond donors (Lipinski definition) is 4. The molecule has 0 spiro atoms. The number of aliphatic carboxylic acids is 1. The van der Waals surface area contributed by atoms with E-state index in [0.29, 0.717) is 0 Å². The Labute approximate surface area is 109 Å². The predicted molar refractivity (Wildman–Crippen MR) is 65.7 cm³/mol. The Kier molecular flexibility index (Phi) is 5.08. The summed E-state index contributed by atoms with van der Waals surface area (Å²) in [4.78, 5) is 22.3. The molecule has 0 fully saturated rings. The molecule has 1 unspecified atom stereocenters. The smallest absolute Gasteiger partial charge is 0.320 e. The second kappa shape index (κ2) is 6.35. The van der Waals surface area contributed by atoms with Crippen LogP contribution in [0.1, 0.15) is 25.4 Å². The van der Waals surface area contributed by atoms with E-state index >= 15 is 0 Å². The van der Waals surface area contributed by atoms with Crippen molar-refractivity contribution in [3.05, 3.63) is 27.8 Å².